The second kappa shape index (κ2) is 11.6. The number of benzene rings is 4. The number of thioether (sulfide) groups is 1. The van der Waals surface area contributed by atoms with Gasteiger partial charge < -0.3 is 17.3 Å². The van der Waals surface area contributed by atoms with Crippen LogP contribution in [0, 0.1) is 0 Å². The van der Waals surface area contributed by atoms with Gasteiger partial charge >= 0.3 is 198 Å². The van der Waals surface area contributed by atoms with Crippen LogP contribution in [0.3, 0.4) is 0 Å². The van der Waals surface area contributed by atoms with Gasteiger partial charge in [-0.05, 0) is 0 Å². The van der Waals surface area contributed by atoms with Gasteiger partial charge in [-0.1, -0.05) is 0 Å². The molecule has 8 heteroatoms. The van der Waals surface area contributed by atoms with Crippen LogP contribution < -0.4 is 15.9 Å². The van der Waals surface area contributed by atoms with Gasteiger partial charge in [0.2, 0.25) is 0 Å². The van der Waals surface area contributed by atoms with Gasteiger partial charge in [0.05, 0.1) is 0 Å². The molecule has 178 valence electrons. The van der Waals surface area contributed by atoms with Crippen LogP contribution in [0.2, 0.25) is 0 Å². The average Bonchev–Trinajstić information content (AvgIpc) is 3.37. The minimum absolute atomic E-state index is 0.408. The van der Waals surface area contributed by atoms with Crippen LogP contribution in [0.25, 0.3) is 4.91 Å². The Labute approximate surface area is 214 Å². The number of hydrogen-bond donors (Lipinski definition) is 0. The molecule has 0 amide bonds. The van der Waals surface area contributed by atoms with E-state index in [-0.39, 0.29) is 0 Å². The quantitative estimate of drug-likeness (QED) is 0.140. The van der Waals surface area contributed by atoms with E-state index in [2.05, 4.69) is 138 Å². The molecule has 5 rings (SSSR count). The Morgan fingerprint density at radius 3 is 1.29 bits per heavy atom. The van der Waals surface area contributed by atoms with E-state index in [1.54, 1.807) is 0 Å². The van der Waals surface area contributed by atoms with Gasteiger partial charge in [-0.3, -0.25) is 0 Å². The summed E-state index contributed by atoms with van der Waals surface area (Å²) in [5.74, 6) is 0. The van der Waals surface area contributed by atoms with E-state index < -0.39 is 14.5 Å². The molecule has 0 N–H and O–H groups in total. The van der Waals surface area contributed by atoms with Crippen molar-refractivity contribution in [3.8, 4) is 0 Å². The van der Waals surface area contributed by atoms with Crippen molar-refractivity contribution >= 4 is 62.1 Å². The summed E-state index contributed by atoms with van der Waals surface area (Å²) in [4.78, 5) is 3.95. The Bertz CT molecular complexity index is 1140. The second-order valence-corrected chi connectivity index (χ2v) is 16.2. The Hall–Kier alpha value is -2.30. The SMILES string of the molecule is C1=C(c2ccccc2)SC([P+](c2ccccc2)(c2ccccc2)c2ccccc2)[Se]1.F[B-](F)(F)F. The van der Waals surface area contributed by atoms with Crippen LogP contribution in [-0.4, -0.2) is 26.1 Å². The van der Waals surface area contributed by atoms with E-state index in [0.717, 1.165) is 0 Å². The first kappa shape index (κ1) is 25.8. The maximum absolute atomic E-state index is 9.75. The van der Waals surface area contributed by atoms with Gasteiger partial charge in [0.25, 0.3) is 0 Å². The summed E-state index contributed by atoms with van der Waals surface area (Å²) in [7, 11) is -7.82. The Balaban J connectivity index is 0.000000527. The summed E-state index contributed by atoms with van der Waals surface area (Å²) in [5, 5.41) is 4.43. The van der Waals surface area contributed by atoms with Crippen molar-refractivity contribution in [1.82, 2.24) is 0 Å². The third-order valence-corrected chi connectivity index (χ3v) is 16.8. The number of hydrogen-bond acceptors (Lipinski definition) is 1. The first-order valence-corrected chi connectivity index (χ1v) is 15.6. The van der Waals surface area contributed by atoms with Crippen LogP contribution in [0.1, 0.15) is 5.56 Å². The first-order valence-electron chi connectivity index (χ1n) is 10.9. The minimum atomic E-state index is -6.00. The molecule has 1 aliphatic heterocycles. The molecule has 4 aromatic carbocycles. The molecule has 0 bridgehead atoms. The fourth-order valence-electron chi connectivity index (χ4n) is 3.99. The summed E-state index contributed by atoms with van der Waals surface area (Å²) in [6, 6.07) is 44.6. The fraction of sp³-hybridized carbons (Fsp3) is 0.0370. The van der Waals surface area contributed by atoms with Gasteiger partial charge in [-0.15, -0.1) is 0 Å². The summed E-state index contributed by atoms with van der Waals surface area (Å²) in [6.45, 7) is 0. The van der Waals surface area contributed by atoms with E-state index in [0.29, 0.717) is 18.8 Å². The molecular formula is C27H22BF4PSSe. The number of rotatable bonds is 5. The molecule has 0 saturated carbocycles. The van der Waals surface area contributed by atoms with Gasteiger partial charge in [0.15, 0.2) is 0 Å². The van der Waals surface area contributed by atoms with Crippen molar-refractivity contribution in [3.05, 3.63) is 132 Å². The van der Waals surface area contributed by atoms with Crippen molar-refractivity contribution in [2.45, 2.75) is 3.89 Å². The monoisotopic (exact) mass is 576 g/mol. The summed E-state index contributed by atoms with van der Waals surface area (Å²) < 4.78 is 39.5. The van der Waals surface area contributed by atoms with Crippen molar-refractivity contribution in [2.24, 2.45) is 0 Å². The Morgan fingerprint density at radius 2 is 0.914 bits per heavy atom. The average molecular weight is 575 g/mol. The standard InChI is InChI=1S/C27H22PSSe.BF4/c1-5-13-22(14-6-1)26-21-30-27(29-26)28(23-15-7-2-8-16-23,24-17-9-3-10-18-24)25-19-11-4-12-20-25;2-1(3,4)5/h1-21,27H;/q+1;-1. The molecule has 0 aromatic heterocycles. The van der Waals surface area contributed by atoms with E-state index in [4.69, 9.17) is 0 Å². The van der Waals surface area contributed by atoms with Gasteiger partial charge in [0, 0.05) is 0 Å². The topological polar surface area (TPSA) is 0 Å². The van der Waals surface area contributed by atoms with Crippen LogP contribution in [0.5, 0.6) is 0 Å². The molecular weight excluding hydrogens is 553 g/mol. The maximum atomic E-state index is 9.75. The van der Waals surface area contributed by atoms with E-state index in [9.17, 15) is 17.3 Å². The first-order chi connectivity index (χ1) is 16.9. The summed E-state index contributed by atoms with van der Waals surface area (Å²) in [5.41, 5.74) is 1.35. The van der Waals surface area contributed by atoms with Gasteiger partial charge in [0.1, 0.15) is 0 Å². The summed E-state index contributed by atoms with van der Waals surface area (Å²) >= 11 is 2.50. The molecule has 35 heavy (non-hydrogen) atoms. The summed E-state index contributed by atoms with van der Waals surface area (Å²) in [6.07, 6.45) is 0. The minimum Gasteiger partial charge on any atom is -0.418 e. The van der Waals surface area contributed by atoms with Crippen LogP contribution in [-0.2, 0) is 0 Å². The smallest absolute Gasteiger partial charge is 0.418 e. The van der Waals surface area contributed by atoms with E-state index in [1.807, 2.05) is 0 Å². The van der Waals surface area contributed by atoms with Crippen LogP contribution in [0.15, 0.2) is 126 Å². The molecule has 0 saturated heterocycles. The molecule has 1 aliphatic rings. The largest absolute Gasteiger partial charge is 0.673 e. The van der Waals surface area contributed by atoms with Gasteiger partial charge in [-0.2, -0.15) is 0 Å². The third-order valence-electron chi connectivity index (χ3n) is 5.38. The molecule has 1 heterocycles. The predicted molar refractivity (Wildman–Crippen MR) is 147 cm³/mol. The zero-order chi connectivity index (χ0) is 24.7. The van der Waals surface area contributed by atoms with Crippen molar-refractivity contribution < 1.29 is 17.3 Å². The van der Waals surface area contributed by atoms with Crippen LogP contribution >= 0.6 is 19.0 Å². The predicted octanol–water partition coefficient (Wildman–Crippen LogP) is 7.01. The van der Waals surface area contributed by atoms with Crippen molar-refractivity contribution in [3.63, 3.8) is 0 Å². The second-order valence-electron chi connectivity index (χ2n) is 7.63. The molecule has 0 spiro atoms. The molecule has 1 atom stereocenters. The van der Waals surface area contributed by atoms with Crippen molar-refractivity contribution in [1.29, 1.82) is 0 Å². The van der Waals surface area contributed by atoms with E-state index in [1.165, 1.54) is 26.4 Å². The van der Waals surface area contributed by atoms with Crippen LogP contribution in [0.4, 0.5) is 17.3 Å². The molecule has 4 aromatic rings. The third kappa shape index (κ3) is 6.29. The number of halogens is 4. The Kier molecular flexibility index (Phi) is 8.57. The Morgan fingerprint density at radius 1 is 0.571 bits per heavy atom. The fourth-order valence-corrected chi connectivity index (χ4v) is 16.9. The van der Waals surface area contributed by atoms with E-state index >= 15 is 0 Å². The molecule has 0 nitrogen and oxygen atoms in total. The van der Waals surface area contributed by atoms with Gasteiger partial charge in [-0.25, -0.2) is 0 Å². The molecule has 0 radical (unpaired) electrons. The zero-order valence-corrected chi connectivity index (χ0v) is 22.0. The zero-order valence-electron chi connectivity index (χ0n) is 18.6. The normalized spacial score (nSPS) is 15.7. The van der Waals surface area contributed by atoms with Crippen molar-refractivity contribution in [2.75, 3.05) is 0 Å². The maximum Gasteiger partial charge on any atom is 0.673 e. The molecule has 1 unspecified atom stereocenters. The molecule has 0 aliphatic carbocycles. The molecule has 0 fully saturated rings.